The molecule has 0 saturated carbocycles. The Balaban J connectivity index is 1.68. The molecule has 0 spiro atoms. The van der Waals surface area contributed by atoms with E-state index in [1.807, 2.05) is 41.3 Å². The molecule has 0 fully saturated rings. The molecule has 1 amide bonds. The number of hydrogen-bond acceptors (Lipinski definition) is 6. The minimum atomic E-state index is 0.405. The number of carbonyl (C=O) groups excluding carboxylic acids is 1. The lowest BCUT2D eigenvalue weighted by Gasteiger charge is -2.09. The number of carbonyl (C=O) groups is 1. The van der Waals surface area contributed by atoms with Crippen molar-refractivity contribution in [3.8, 4) is 22.9 Å². The Morgan fingerprint density at radius 3 is 3.00 bits per heavy atom. The van der Waals surface area contributed by atoms with Gasteiger partial charge in [-0.1, -0.05) is 6.07 Å². The summed E-state index contributed by atoms with van der Waals surface area (Å²) in [6.45, 7) is 1.01. The second kappa shape index (κ2) is 7.32. The van der Waals surface area contributed by atoms with Crippen molar-refractivity contribution in [2.75, 3.05) is 18.7 Å². The zero-order chi connectivity index (χ0) is 18.8. The number of anilines is 1. The van der Waals surface area contributed by atoms with Crippen LogP contribution in [0.25, 0.3) is 11.3 Å². The highest BCUT2D eigenvalue weighted by molar-refractivity contribution is 7.98. The van der Waals surface area contributed by atoms with Gasteiger partial charge in [-0.3, -0.25) is 9.48 Å². The molecule has 27 heavy (non-hydrogen) atoms. The Hall–Kier alpha value is -3.00. The smallest absolute Gasteiger partial charge is 0.214 e. The monoisotopic (exact) mass is 382 g/mol. The van der Waals surface area contributed by atoms with E-state index < -0.39 is 0 Å². The summed E-state index contributed by atoms with van der Waals surface area (Å²) in [6.07, 6.45) is 4.46. The molecule has 7 nitrogen and oxygen atoms in total. The molecule has 8 heteroatoms. The van der Waals surface area contributed by atoms with Gasteiger partial charge >= 0.3 is 0 Å². The van der Waals surface area contributed by atoms with Crippen LogP contribution in [-0.2, 0) is 17.9 Å². The number of fused-ring (bicyclic) bond motifs is 2. The van der Waals surface area contributed by atoms with Crippen LogP contribution in [0, 0.1) is 0 Å². The first kappa shape index (κ1) is 17.4. The van der Waals surface area contributed by atoms with E-state index in [2.05, 4.69) is 10.3 Å². The van der Waals surface area contributed by atoms with Gasteiger partial charge in [-0.25, -0.2) is 4.98 Å². The fraction of sp³-hybridized carbons (Fsp3) is 0.211. The van der Waals surface area contributed by atoms with Crippen LogP contribution >= 0.6 is 11.8 Å². The number of amides is 1. The standard InChI is InChI=1S/C19H18N4O3S/c1-25-19-7-18(27-2)15(8-20-19)16-6-14-10-26-17-5-13(21-11-24)4-3-12(17)9-23(14)22-16/h3-8,11H,9-10H2,1-2H3,(H,21,24). The number of nitrogens with zero attached hydrogens (tertiary/aromatic N) is 3. The maximum absolute atomic E-state index is 10.6. The Morgan fingerprint density at radius 2 is 2.22 bits per heavy atom. The molecule has 2 aromatic heterocycles. The summed E-state index contributed by atoms with van der Waals surface area (Å²) >= 11 is 1.63. The Labute approximate surface area is 160 Å². The molecule has 1 aromatic carbocycles. The van der Waals surface area contributed by atoms with E-state index >= 15 is 0 Å². The van der Waals surface area contributed by atoms with Gasteiger partial charge in [0.25, 0.3) is 0 Å². The summed E-state index contributed by atoms with van der Waals surface area (Å²) in [7, 11) is 1.61. The van der Waals surface area contributed by atoms with Crippen LogP contribution in [0.15, 0.2) is 41.4 Å². The molecule has 0 atom stereocenters. The minimum Gasteiger partial charge on any atom is -0.487 e. The molecule has 0 radical (unpaired) electrons. The first-order valence-corrected chi connectivity index (χ1v) is 9.55. The van der Waals surface area contributed by atoms with Crippen molar-refractivity contribution in [3.05, 3.63) is 47.8 Å². The second-order valence-electron chi connectivity index (χ2n) is 5.98. The molecule has 138 valence electrons. The van der Waals surface area contributed by atoms with E-state index in [1.165, 1.54) is 0 Å². The molecule has 0 unspecified atom stereocenters. The molecule has 0 aliphatic carbocycles. The normalized spacial score (nSPS) is 12.4. The van der Waals surface area contributed by atoms with Crippen molar-refractivity contribution in [2.24, 2.45) is 0 Å². The summed E-state index contributed by atoms with van der Waals surface area (Å²) in [4.78, 5) is 16.0. The van der Waals surface area contributed by atoms with Crippen molar-refractivity contribution >= 4 is 23.9 Å². The molecule has 0 bridgehead atoms. The molecule has 3 aromatic rings. The quantitative estimate of drug-likeness (QED) is 0.539. The minimum absolute atomic E-state index is 0.405. The van der Waals surface area contributed by atoms with Crippen molar-refractivity contribution in [1.29, 1.82) is 0 Å². The van der Waals surface area contributed by atoms with Crippen LogP contribution in [0.4, 0.5) is 5.69 Å². The van der Waals surface area contributed by atoms with Gasteiger partial charge in [-0.15, -0.1) is 11.8 Å². The number of rotatable bonds is 5. The fourth-order valence-electron chi connectivity index (χ4n) is 3.02. The van der Waals surface area contributed by atoms with Gasteiger partial charge in [-0.2, -0.15) is 5.10 Å². The number of methoxy groups -OCH3 is 1. The van der Waals surface area contributed by atoms with Crippen LogP contribution in [-0.4, -0.2) is 34.5 Å². The summed E-state index contributed by atoms with van der Waals surface area (Å²) in [6, 6.07) is 9.57. The van der Waals surface area contributed by atoms with Gasteiger partial charge < -0.3 is 14.8 Å². The maximum Gasteiger partial charge on any atom is 0.214 e. The molecule has 0 saturated heterocycles. The lowest BCUT2D eigenvalue weighted by Crippen LogP contribution is -2.04. The van der Waals surface area contributed by atoms with Gasteiger partial charge in [-0.05, 0) is 18.4 Å². The van der Waals surface area contributed by atoms with Gasteiger partial charge in [0.1, 0.15) is 12.4 Å². The zero-order valence-electron chi connectivity index (χ0n) is 14.9. The highest BCUT2D eigenvalue weighted by atomic mass is 32.2. The lowest BCUT2D eigenvalue weighted by molar-refractivity contribution is -0.105. The number of nitrogens with one attached hydrogen (secondary N) is 1. The third-order valence-corrected chi connectivity index (χ3v) is 5.18. The lowest BCUT2D eigenvalue weighted by atomic mass is 10.2. The molecule has 3 heterocycles. The Bertz CT molecular complexity index is 1000. The number of ether oxygens (including phenoxy) is 2. The van der Waals surface area contributed by atoms with E-state index in [9.17, 15) is 4.79 Å². The average molecular weight is 382 g/mol. The largest absolute Gasteiger partial charge is 0.487 e. The van der Waals surface area contributed by atoms with E-state index in [4.69, 9.17) is 14.6 Å². The Morgan fingerprint density at radius 1 is 1.33 bits per heavy atom. The molecule has 1 aliphatic heterocycles. The summed E-state index contributed by atoms with van der Waals surface area (Å²) in [5.41, 5.74) is 4.52. The van der Waals surface area contributed by atoms with Gasteiger partial charge in [0.05, 0.1) is 25.0 Å². The summed E-state index contributed by atoms with van der Waals surface area (Å²) < 4.78 is 13.1. The van der Waals surface area contributed by atoms with Crippen molar-refractivity contribution in [1.82, 2.24) is 14.8 Å². The third-order valence-electron chi connectivity index (χ3n) is 4.40. The van der Waals surface area contributed by atoms with Crippen molar-refractivity contribution in [2.45, 2.75) is 18.0 Å². The second-order valence-corrected chi connectivity index (χ2v) is 6.83. The molecular formula is C19H18N4O3S. The third kappa shape index (κ3) is 3.35. The Kier molecular flexibility index (Phi) is 4.72. The predicted octanol–water partition coefficient (Wildman–Crippen LogP) is 3.18. The maximum atomic E-state index is 10.6. The summed E-state index contributed by atoms with van der Waals surface area (Å²) in [5, 5.41) is 7.42. The van der Waals surface area contributed by atoms with Gasteiger partial charge in [0, 0.05) is 40.0 Å². The van der Waals surface area contributed by atoms with Crippen LogP contribution in [0.5, 0.6) is 11.6 Å². The van der Waals surface area contributed by atoms with Gasteiger partial charge in [0.2, 0.25) is 12.3 Å². The van der Waals surface area contributed by atoms with E-state index in [1.54, 1.807) is 25.1 Å². The number of thioether (sulfide) groups is 1. The molecule has 1 N–H and O–H groups in total. The van der Waals surface area contributed by atoms with Crippen LogP contribution in [0.1, 0.15) is 11.3 Å². The van der Waals surface area contributed by atoms with Crippen LogP contribution < -0.4 is 14.8 Å². The highest BCUT2D eigenvalue weighted by Gasteiger charge is 2.19. The number of hydrogen-bond donors (Lipinski definition) is 1. The van der Waals surface area contributed by atoms with Gasteiger partial charge in [0.15, 0.2) is 0 Å². The highest BCUT2D eigenvalue weighted by Crippen LogP contribution is 2.33. The molecule has 1 aliphatic rings. The van der Waals surface area contributed by atoms with Crippen molar-refractivity contribution < 1.29 is 14.3 Å². The number of benzene rings is 1. The predicted molar refractivity (Wildman–Crippen MR) is 103 cm³/mol. The number of pyridine rings is 1. The first-order chi connectivity index (χ1) is 13.2. The SMILES string of the molecule is COc1cc(SC)c(-c2cc3n(n2)Cc2ccc(NC=O)cc2OC3)cn1. The molecular weight excluding hydrogens is 364 g/mol. The van der Waals surface area contributed by atoms with E-state index in [-0.39, 0.29) is 0 Å². The van der Waals surface area contributed by atoms with E-state index in [0.717, 1.165) is 33.2 Å². The topological polar surface area (TPSA) is 78.3 Å². The van der Waals surface area contributed by atoms with Crippen LogP contribution in [0.3, 0.4) is 0 Å². The first-order valence-electron chi connectivity index (χ1n) is 8.33. The van der Waals surface area contributed by atoms with E-state index in [0.29, 0.717) is 31.1 Å². The van der Waals surface area contributed by atoms with Crippen LogP contribution in [0.2, 0.25) is 0 Å². The van der Waals surface area contributed by atoms with Crippen molar-refractivity contribution in [3.63, 3.8) is 0 Å². The average Bonchev–Trinajstić information content (AvgIpc) is 3.02. The summed E-state index contributed by atoms with van der Waals surface area (Å²) in [5.74, 6) is 1.34. The number of aromatic nitrogens is 3. The molecule has 4 rings (SSSR count). The fourth-order valence-corrected chi connectivity index (χ4v) is 3.62. The zero-order valence-corrected chi connectivity index (χ0v) is 15.7.